The Labute approximate surface area is 93.1 Å². The average molecular weight is 220 g/mol. The van der Waals surface area contributed by atoms with Crippen molar-refractivity contribution >= 4 is 23.2 Å². The molecular weight excluding hydrogens is 210 g/mol. The SMILES string of the molecule is Cc1cnc(Nc2ccccc2)nc1Cl. The van der Waals surface area contributed by atoms with Crippen LogP contribution in [0.15, 0.2) is 36.5 Å². The number of para-hydroxylation sites is 1. The van der Waals surface area contributed by atoms with Crippen LogP contribution in [0.4, 0.5) is 11.6 Å². The summed E-state index contributed by atoms with van der Waals surface area (Å²) in [4.78, 5) is 8.24. The van der Waals surface area contributed by atoms with Crippen LogP contribution in [-0.2, 0) is 0 Å². The van der Waals surface area contributed by atoms with Crippen molar-refractivity contribution in [2.24, 2.45) is 0 Å². The minimum atomic E-state index is 0.475. The van der Waals surface area contributed by atoms with Gasteiger partial charge in [0, 0.05) is 17.4 Å². The van der Waals surface area contributed by atoms with Crippen LogP contribution < -0.4 is 5.32 Å². The van der Waals surface area contributed by atoms with Gasteiger partial charge in [-0.05, 0) is 19.1 Å². The van der Waals surface area contributed by atoms with Crippen molar-refractivity contribution in [3.05, 3.63) is 47.2 Å². The van der Waals surface area contributed by atoms with Crippen LogP contribution in [0.25, 0.3) is 0 Å². The number of hydrogen-bond acceptors (Lipinski definition) is 3. The third-order valence-electron chi connectivity index (χ3n) is 1.94. The van der Waals surface area contributed by atoms with Crippen LogP contribution in [0.1, 0.15) is 5.56 Å². The van der Waals surface area contributed by atoms with Crippen molar-refractivity contribution in [3.63, 3.8) is 0 Å². The molecule has 2 aromatic rings. The second kappa shape index (κ2) is 4.28. The van der Waals surface area contributed by atoms with E-state index >= 15 is 0 Å². The van der Waals surface area contributed by atoms with Crippen molar-refractivity contribution in [1.82, 2.24) is 9.97 Å². The van der Waals surface area contributed by atoms with Crippen LogP contribution in [0.2, 0.25) is 5.15 Å². The van der Waals surface area contributed by atoms with E-state index in [0.717, 1.165) is 11.3 Å². The molecule has 0 aliphatic rings. The molecule has 1 aromatic carbocycles. The van der Waals surface area contributed by atoms with Crippen molar-refractivity contribution < 1.29 is 0 Å². The lowest BCUT2D eigenvalue weighted by atomic mass is 10.3. The Balaban J connectivity index is 2.22. The third-order valence-corrected chi connectivity index (χ3v) is 2.32. The van der Waals surface area contributed by atoms with Gasteiger partial charge in [-0.2, -0.15) is 0 Å². The van der Waals surface area contributed by atoms with Crippen LogP contribution >= 0.6 is 11.6 Å². The highest BCUT2D eigenvalue weighted by molar-refractivity contribution is 6.30. The van der Waals surface area contributed by atoms with Crippen molar-refractivity contribution in [1.29, 1.82) is 0 Å². The Morgan fingerprint density at radius 1 is 1.20 bits per heavy atom. The Hall–Kier alpha value is -1.61. The van der Waals surface area contributed by atoms with E-state index in [1.807, 2.05) is 37.3 Å². The number of anilines is 2. The van der Waals surface area contributed by atoms with Gasteiger partial charge in [0.25, 0.3) is 0 Å². The van der Waals surface area contributed by atoms with Crippen LogP contribution in [-0.4, -0.2) is 9.97 Å². The van der Waals surface area contributed by atoms with Gasteiger partial charge >= 0.3 is 0 Å². The lowest BCUT2D eigenvalue weighted by Gasteiger charge is -2.04. The zero-order valence-electron chi connectivity index (χ0n) is 8.24. The van der Waals surface area contributed by atoms with Gasteiger partial charge in [0.1, 0.15) is 5.15 Å². The lowest BCUT2D eigenvalue weighted by molar-refractivity contribution is 1.13. The molecule has 0 fully saturated rings. The van der Waals surface area contributed by atoms with E-state index in [9.17, 15) is 0 Å². The van der Waals surface area contributed by atoms with E-state index in [2.05, 4.69) is 15.3 Å². The molecule has 76 valence electrons. The number of benzene rings is 1. The second-order valence-corrected chi connectivity index (χ2v) is 3.52. The topological polar surface area (TPSA) is 37.8 Å². The molecule has 2 rings (SSSR count). The highest BCUT2D eigenvalue weighted by Gasteiger charge is 2.00. The van der Waals surface area contributed by atoms with E-state index in [4.69, 9.17) is 11.6 Å². The van der Waals surface area contributed by atoms with E-state index in [1.54, 1.807) is 6.20 Å². The maximum atomic E-state index is 5.89. The minimum Gasteiger partial charge on any atom is -0.324 e. The fraction of sp³-hybridized carbons (Fsp3) is 0.0909. The molecule has 0 unspecified atom stereocenters. The smallest absolute Gasteiger partial charge is 0.228 e. The molecule has 0 amide bonds. The third kappa shape index (κ3) is 2.44. The fourth-order valence-corrected chi connectivity index (χ4v) is 1.26. The zero-order valence-corrected chi connectivity index (χ0v) is 8.99. The summed E-state index contributed by atoms with van der Waals surface area (Å²) in [5.41, 5.74) is 1.81. The molecule has 0 saturated carbocycles. The van der Waals surface area contributed by atoms with Gasteiger partial charge in [-0.15, -0.1) is 0 Å². The molecule has 0 spiro atoms. The maximum absolute atomic E-state index is 5.89. The molecule has 4 heteroatoms. The second-order valence-electron chi connectivity index (χ2n) is 3.16. The summed E-state index contributed by atoms with van der Waals surface area (Å²) in [6, 6.07) is 9.72. The monoisotopic (exact) mass is 219 g/mol. The summed E-state index contributed by atoms with van der Waals surface area (Å²) >= 11 is 5.89. The first-order valence-electron chi connectivity index (χ1n) is 4.57. The predicted octanol–water partition coefficient (Wildman–Crippen LogP) is 3.18. The molecule has 1 N–H and O–H groups in total. The first-order valence-corrected chi connectivity index (χ1v) is 4.95. The molecule has 15 heavy (non-hydrogen) atoms. The van der Waals surface area contributed by atoms with Gasteiger partial charge in [-0.25, -0.2) is 9.97 Å². The number of rotatable bonds is 2. The molecule has 0 saturated heterocycles. The first-order chi connectivity index (χ1) is 7.25. The van der Waals surface area contributed by atoms with Crippen LogP contribution in [0.3, 0.4) is 0 Å². The zero-order chi connectivity index (χ0) is 10.7. The van der Waals surface area contributed by atoms with Crippen molar-refractivity contribution in [3.8, 4) is 0 Å². The van der Waals surface area contributed by atoms with E-state index in [0.29, 0.717) is 11.1 Å². The van der Waals surface area contributed by atoms with Gasteiger partial charge in [0.05, 0.1) is 0 Å². The average Bonchev–Trinajstić information content (AvgIpc) is 2.25. The summed E-state index contributed by atoms with van der Waals surface area (Å²) in [7, 11) is 0. The number of aromatic nitrogens is 2. The molecule has 0 bridgehead atoms. The summed E-state index contributed by atoms with van der Waals surface area (Å²) in [5, 5.41) is 3.54. The summed E-state index contributed by atoms with van der Waals surface area (Å²) < 4.78 is 0. The normalized spacial score (nSPS) is 10.0. The Kier molecular flexibility index (Phi) is 2.83. The molecule has 1 aromatic heterocycles. The van der Waals surface area contributed by atoms with Crippen LogP contribution in [0.5, 0.6) is 0 Å². The number of hydrogen-bond donors (Lipinski definition) is 1. The number of nitrogens with one attached hydrogen (secondary N) is 1. The van der Waals surface area contributed by atoms with Gasteiger partial charge in [0.15, 0.2) is 0 Å². The first kappa shape index (κ1) is 9.93. The Morgan fingerprint density at radius 2 is 1.93 bits per heavy atom. The number of aryl methyl sites for hydroxylation is 1. The maximum Gasteiger partial charge on any atom is 0.228 e. The van der Waals surface area contributed by atoms with Crippen LogP contribution in [0, 0.1) is 6.92 Å². The fourth-order valence-electron chi connectivity index (χ4n) is 1.13. The standard InChI is InChI=1S/C11H10ClN3/c1-8-7-13-11(15-10(8)12)14-9-5-3-2-4-6-9/h2-7H,1H3,(H,13,14,15). The highest BCUT2D eigenvalue weighted by atomic mass is 35.5. The molecule has 0 aliphatic carbocycles. The van der Waals surface area contributed by atoms with E-state index in [1.165, 1.54) is 0 Å². The van der Waals surface area contributed by atoms with Gasteiger partial charge in [-0.3, -0.25) is 0 Å². The molecule has 0 aliphatic heterocycles. The van der Waals surface area contributed by atoms with Crippen molar-refractivity contribution in [2.75, 3.05) is 5.32 Å². The van der Waals surface area contributed by atoms with Gasteiger partial charge in [-0.1, -0.05) is 29.8 Å². The Morgan fingerprint density at radius 3 is 2.60 bits per heavy atom. The largest absolute Gasteiger partial charge is 0.324 e. The molecule has 3 nitrogen and oxygen atoms in total. The molecule has 1 heterocycles. The summed E-state index contributed by atoms with van der Waals surface area (Å²) in [5.74, 6) is 0.511. The highest BCUT2D eigenvalue weighted by Crippen LogP contribution is 2.16. The van der Waals surface area contributed by atoms with Gasteiger partial charge < -0.3 is 5.32 Å². The Bertz CT molecular complexity index is 457. The predicted molar refractivity (Wildman–Crippen MR) is 61.5 cm³/mol. The quantitative estimate of drug-likeness (QED) is 0.789. The summed E-state index contributed by atoms with van der Waals surface area (Å²) in [6.07, 6.45) is 1.70. The van der Waals surface area contributed by atoms with E-state index < -0.39 is 0 Å². The number of halogens is 1. The van der Waals surface area contributed by atoms with E-state index in [-0.39, 0.29) is 0 Å². The molecule has 0 radical (unpaired) electrons. The molecular formula is C11H10ClN3. The lowest BCUT2D eigenvalue weighted by Crippen LogP contribution is -1.97. The van der Waals surface area contributed by atoms with Crippen molar-refractivity contribution in [2.45, 2.75) is 6.92 Å². The minimum absolute atomic E-state index is 0.475. The van der Waals surface area contributed by atoms with Gasteiger partial charge in [0.2, 0.25) is 5.95 Å². The number of nitrogens with zero attached hydrogens (tertiary/aromatic N) is 2. The summed E-state index contributed by atoms with van der Waals surface area (Å²) in [6.45, 7) is 1.87. The molecule has 0 atom stereocenters.